The third-order valence-electron chi connectivity index (χ3n) is 1.11. The van der Waals surface area contributed by atoms with E-state index in [4.69, 9.17) is 10.8 Å². The first-order chi connectivity index (χ1) is 5.57. The van der Waals surface area contributed by atoms with E-state index in [0.29, 0.717) is 0 Å². The van der Waals surface area contributed by atoms with Gasteiger partial charge in [0.2, 0.25) is 0 Å². The molecule has 6 heteroatoms. The molecule has 0 aliphatic heterocycles. The number of carboxylic acid groups (broad SMARTS) is 1. The Hall–Kier alpha value is -1.43. The van der Waals surface area contributed by atoms with Crippen LogP contribution in [0.1, 0.15) is 12.8 Å². The number of carbonyl (C=O) groups excluding carboxylic acids is 2. The Labute approximate surface area is 68.3 Å². The molecule has 1 atom stereocenters. The maximum absolute atomic E-state index is 10.6. The van der Waals surface area contributed by atoms with Crippen molar-refractivity contribution in [2.45, 2.75) is 18.9 Å². The van der Waals surface area contributed by atoms with Crippen LogP contribution in [0.25, 0.3) is 0 Å². The summed E-state index contributed by atoms with van der Waals surface area (Å²) in [6.45, 7) is 0.909. The van der Waals surface area contributed by atoms with Crippen molar-refractivity contribution in [2.75, 3.05) is 0 Å². The summed E-state index contributed by atoms with van der Waals surface area (Å²) in [6, 6.07) is -1.08. The molecule has 67 valence electrons. The Kier molecular flexibility index (Phi) is 4.62. The highest BCUT2D eigenvalue weighted by molar-refractivity contribution is 5.81. The maximum Gasteiger partial charge on any atom is 0.425 e. The van der Waals surface area contributed by atoms with E-state index in [1.165, 1.54) is 0 Å². The van der Waals surface area contributed by atoms with E-state index in [1.54, 1.807) is 0 Å². The average molecular weight is 174 g/mol. The number of aliphatic carboxylic acids is 1. The molecule has 0 spiro atoms. The molecule has 0 unspecified atom stereocenters. The number of carboxylic acids is 1. The van der Waals surface area contributed by atoms with Gasteiger partial charge in [0.25, 0.3) is 0 Å². The summed E-state index contributed by atoms with van der Waals surface area (Å²) in [5, 5.41) is 8.19. The van der Waals surface area contributed by atoms with Crippen LogP contribution < -0.4 is 5.73 Å². The van der Waals surface area contributed by atoms with E-state index in [9.17, 15) is 14.4 Å². The number of esters is 1. The molecule has 1 radical (unpaired) electrons. The second kappa shape index (κ2) is 5.25. The summed E-state index contributed by atoms with van der Waals surface area (Å²) in [5.74, 6) is -2.03. The normalized spacial score (nSPS) is 11.8. The number of ether oxygens (including phenoxy) is 1. The lowest BCUT2D eigenvalue weighted by atomic mass is 10.2. The van der Waals surface area contributed by atoms with Gasteiger partial charge in [-0.15, -0.1) is 0 Å². The number of hydrogen-bond acceptors (Lipinski definition) is 5. The molecule has 6 nitrogen and oxygen atoms in total. The second-order valence-corrected chi connectivity index (χ2v) is 2.04. The summed E-state index contributed by atoms with van der Waals surface area (Å²) in [5.41, 5.74) is 5.13. The minimum atomic E-state index is -1.08. The third kappa shape index (κ3) is 4.40. The molecule has 0 saturated heterocycles. The summed E-state index contributed by atoms with van der Waals surface area (Å²) in [7, 11) is 0. The maximum atomic E-state index is 10.6. The number of nitrogens with two attached hydrogens (primary N) is 1. The van der Waals surface area contributed by atoms with Gasteiger partial charge in [0.05, 0.1) is 0 Å². The quantitative estimate of drug-likeness (QED) is 0.400. The monoisotopic (exact) mass is 174 g/mol. The summed E-state index contributed by atoms with van der Waals surface area (Å²) in [4.78, 5) is 30.1. The van der Waals surface area contributed by atoms with Crippen molar-refractivity contribution in [2.24, 2.45) is 5.73 Å². The lowest BCUT2D eigenvalue weighted by molar-refractivity contribution is -0.139. The van der Waals surface area contributed by atoms with Crippen LogP contribution >= 0.6 is 0 Å². The fraction of sp³-hybridized carbons (Fsp3) is 0.500. The van der Waals surface area contributed by atoms with Gasteiger partial charge in [-0.25, -0.2) is 9.59 Å². The van der Waals surface area contributed by atoms with Crippen LogP contribution in [-0.4, -0.2) is 29.6 Å². The van der Waals surface area contributed by atoms with Gasteiger partial charge < -0.3 is 15.6 Å². The van der Waals surface area contributed by atoms with Gasteiger partial charge >= 0.3 is 18.4 Å². The van der Waals surface area contributed by atoms with E-state index < -0.39 is 18.0 Å². The average Bonchev–Trinajstić information content (AvgIpc) is 2.00. The largest absolute Gasteiger partial charge is 0.481 e. The zero-order chi connectivity index (χ0) is 9.56. The van der Waals surface area contributed by atoms with Crippen LogP contribution in [0.2, 0.25) is 0 Å². The molecule has 0 bridgehead atoms. The van der Waals surface area contributed by atoms with Crippen molar-refractivity contribution in [1.29, 1.82) is 0 Å². The standard InChI is InChI=1S/C6H8NO5/c7-4(1-2-5(9)10)6(11)12-3-8/h4H,1-2,7H2,(H,9,10)/t4-/m0/s1. The van der Waals surface area contributed by atoms with Gasteiger partial charge in [0.1, 0.15) is 6.04 Å². The van der Waals surface area contributed by atoms with Crippen LogP contribution in [0.4, 0.5) is 0 Å². The molecule has 0 aliphatic carbocycles. The first-order valence-electron chi connectivity index (χ1n) is 3.13. The van der Waals surface area contributed by atoms with Gasteiger partial charge in [0, 0.05) is 6.42 Å². The highest BCUT2D eigenvalue weighted by atomic mass is 16.6. The van der Waals surface area contributed by atoms with Gasteiger partial charge in [-0.3, -0.25) is 4.79 Å². The second-order valence-electron chi connectivity index (χ2n) is 2.04. The highest BCUT2D eigenvalue weighted by Gasteiger charge is 2.16. The van der Waals surface area contributed by atoms with Crippen LogP contribution in [0, 0.1) is 0 Å². The van der Waals surface area contributed by atoms with Crippen molar-refractivity contribution in [3.05, 3.63) is 0 Å². The Morgan fingerprint density at radius 3 is 2.58 bits per heavy atom. The Bertz CT molecular complexity index is 190. The fourth-order valence-corrected chi connectivity index (χ4v) is 0.514. The minimum absolute atomic E-state index is 0.0597. The molecule has 0 fully saturated rings. The zero-order valence-electron chi connectivity index (χ0n) is 6.15. The zero-order valence-corrected chi connectivity index (χ0v) is 6.15. The first-order valence-corrected chi connectivity index (χ1v) is 3.13. The molecule has 0 aromatic carbocycles. The summed E-state index contributed by atoms with van der Waals surface area (Å²) >= 11 is 0. The highest BCUT2D eigenvalue weighted by Crippen LogP contribution is 1.95. The minimum Gasteiger partial charge on any atom is -0.481 e. The topological polar surface area (TPSA) is 107 Å². The molecule has 3 N–H and O–H groups in total. The smallest absolute Gasteiger partial charge is 0.425 e. The van der Waals surface area contributed by atoms with Gasteiger partial charge in [0.15, 0.2) is 0 Å². The van der Waals surface area contributed by atoms with E-state index >= 15 is 0 Å². The number of rotatable bonds is 5. The lowest BCUT2D eigenvalue weighted by Crippen LogP contribution is -2.32. The molecular weight excluding hydrogens is 166 g/mol. The van der Waals surface area contributed by atoms with Crippen LogP contribution in [0.15, 0.2) is 0 Å². The van der Waals surface area contributed by atoms with Crippen molar-refractivity contribution in [3.8, 4) is 0 Å². The van der Waals surface area contributed by atoms with Crippen LogP contribution in [0.3, 0.4) is 0 Å². The summed E-state index contributed by atoms with van der Waals surface area (Å²) in [6.07, 6.45) is -0.301. The van der Waals surface area contributed by atoms with Crippen molar-refractivity contribution in [3.63, 3.8) is 0 Å². The molecule has 0 heterocycles. The van der Waals surface area contributed by atoms with E-state index in [1.807, 2.05) is 0 Å². The fourth-order valence-electron chi connectivity index (χ4n) is 0.514. The molecule has 0 amide bonds. The Morgan fingerprint density at radius 2 is 2.17 bits per heavy atom. The molecule has 12 heavy (non-hydrogen) atoms. The van der Waals surface area contributed by atoms with Gasteiger partial charge in [-0.2, -0.15) is 0 Å². The molecule has 0 saturated carbocycles. The predicted octanol–water partition coefficient (Wildman–Crippen LogP) is -1.21. The SMILES string of the molecule is N[C@@H](CCC(=O)O)C(=O)O[C]=O. The number of carbonyl (C=O) groups is 2. The van der Waals surface area contributed by atoms with Crippen molar-refractivity contribution < 1.29 is 24.2 Å². The van der Waals surface area contributed by atoms with Crippen molar-refractivity contribution >= 4 is 18.4 Å². The molecule has 0 aromatic heterocycles. The lowest BCUT2D eigenvalue weighted by Gasteiger charge is -2.04. The third-order valence-corrected chi connectivity index (χ3v) is 1.11. The van der Waals surface area contributed by atoms with Crippen molar-refractivity contribution in [1.82, 2.24) is 0 Å². The predicted molar refractivity (Wildman–Crippen MR) is 36.6 cm³/mol. The van der Waals surface area contributed by atoms with E-state index in [2.05, 4.69) is 4.74 Å². The Morgan fingerprint density at radius 1 is 1.58 bits per heavy atom. The van der Waals surface area contributed by atoms with E-state index in [-0.39, 0.29) is 12.8 Å². The Balaban J connectivity index is 3.70. The molecule has 0 aromatic rings. The van der Waals surface area contributed by atoms with E-state index in [0.717, 1.165) is 6.47 Å². The van der Waals surface area contributed by atoms with Crippen LogP contribution in [0.5, 0.6) is 0 Å². The van der Waals surface area contributed by atoms with Gasteiger partial charge in [-0.05, 0) is 6.42 Å². The van der Waals surface area contributed by atoms with Crippen LogP contribution in [-0.2, 0) is 19.1 Å². The van der Waals surface area contributed by atoms with Gasteiger partial charge in [-0.1, -0.05) is 0 Å². The molecule has 0 rings (SSSR count). The molecule has 0 aliphatic rings. The first kappa shape index (κ1) is 10.6. The summed E-state index contributed by atoms with van der Waals surface area (Å²) < 4.78 is 3.77. The molecular formula is C6H8NO5. The number of hydrogen-bond donors (Lipinski definition) is 2.